The predicted molar refractivity (Wildman–Crippen MR) is 58.0 cm³/mol. The summed E-state index contributed by atoms with van der Waals surface area (Å²) >= 11 is 0. The second-order valence-corrected chi connectivity index (χ2v) is 3.41. The van der Waals surface area contributed by atoms with E-state index in [4.69, 9.17) is 5.73 Å². The lowest BCUT2D eigenvalue weighted by Gasteiger charge is -2.03. The predicted octanol–water partition coefficient (Wildman–Crippen LogP) is 2.06. The molecular formula is C11H13N3. The Labute approximate surface area is 82.7 Å². The Hall–Kier alpha value is -1.61. The monoisotopic (exact) mass is 187 g/mol. The van der Waals surface area contributed by atoms with E-state index in [2.05, 4.69) is 22.6 Å². The number of nitrogens with one attached hydrogen (secondary N) is 1. The normalized spacial score (nSPS) is 13.0. The minimum Gasteiger partial charge on any atom is -0.346 e. The van der Waals surface area contributed by atoms with E-state index in [1.165, 1.54) is 0 Å². The van der Waals surface area contributed by atoms with Gasteiger partial charge in [-0.2, -0.15) is 0 Å². The fraction of sp³-hybridized carbons (Fsp3) is 0.182. The Kier molecular flexibility index (Phi) is 2.09. The summed E-state index contributed by atoms with van der Waals surface area (Å²) in [6.45, 7) is 5.70. The van der Waals surface area contributed by atoms with Crippen LogP contribution in [0.25, 0.3) is 11.0 Å². The summed E-state index contributed by atoms with van der Waals surface area (Å²) in [5, 5.41) is 1.08. The van der Waals surface area contributed by atoms with Crippen LogP contribution in [0.15, 0.2) is 31.1 Å². The summed E-state index contributed by atoms with van der Waals surface area (Å²) < 4.78 is 0. The first-order valence-electron chi connectivity index (χ1n) is 4.54. The first-order chi connectivity index (χ1) is 6.72. The molecule has 0 bridgehead atoms. The Balaban J connectivity index is 2.66. The second kappa shape index (κ2) is 3.27. The summed E-state index contributed by atoms with van der Waals surface area (Å²) in [6.07, 6.45) is 5.45. The molecule has 2 heterocycles. The summed E-state index contributed by atoms with van der Waals surface area (Å²) in [6, 6.07) is 1.95. The lowest BCUT2D eigenvalue weighted by atomic mass is 10.1. The van der Waals surface area contributed by atoms with E-state index < -0.39 is 0 Å². The molecule has 3 N–H and O–H groups in total. The minimum atomic E-state index is -0.132. The Bertz CT molecular complexity index is 470. The number of hydrogen-bond donors (Lipinski definition) is 2. The molecule has 2 aromatic heterocycles. The first-order valence-corrected chi connectivity index (χ1v) is 4.54. The number of aryl methyl sites for hydroxylation is 1. The molecule has 3 nitrogen and oxygen atoms in total. The van der Waals surface area contributed by atoms with Gasteiger partial charge in [-0.25, -0.2) is 4.98 Å². The summed E-state index contributed by atoms with van der Waals surface area (Å²) in [4.78, 5) is 7.36. The lowest BCUT2D eigenvalue weighted by molar-refractivity contribution is 0.924. The average Bonchev–Trinajstić information content (AvgIpc) is 2.59. The second-order valence-electron chi connectivity index (χ2n) is 3.41. The van der Waals surface area contributed by atoms with Gasteiger partial charge in [0.05, 0.1) is 0 Å². The Morgan fingerprint density at radius 3 is 3.14 bits per heavy atom. The van der Waals surface area contributed by atoms with Gasteiger partial charge < -0.3 is 10.7 Å². The van der Waals surface area contributed by atoms with Crippen molar-refractivity contribution in [1.82, 2.24) is 9.97 Å². The van der Waals surface area contributed by atoms with Gasteiger partial charge in [0.25, 0.3) is 0 Å². The van der Waals surface area contributed by atoms with Gasteiger partial charge in [0.1, 0.15) is 5.65 Å². The molecule has 3 heteroatoms. The van der Waals surface area contributed by atoms with Crippen molar-refractivity contribution in [3.63, 3.8) is 0 Å². The third-order valence-electron chi connectivity index (χ3n) is 2.31. The van der Waals surface area contributed by atoms with Crippen LogP contribution in [0.5, 0.6) is 0 Å². The van der Waals surface area contributed by atoms with E-state index in [1.54, 1.807) is 6.08 Å². The van der Waals surface area contributed by atoms with E-state index in [9.17, 15) is 0 Å². The molecule has 1 atom stereocenters. The van der Waals surface area contributed by atoms with Crippen molar-refractivity contribution in [3.05, 3.63) is 42.2 Å². The van der Waals surface area contributed by atoms with E-state index >= 15 is 0 Å². The largest absolute Gasteiger partial charge is 0.346 e. The molecule has 1 unspecified atom stereocenters. The molecule has 0 aliphatic heterocycles. The van der Waals surface area contributed by atoms with E-state index in [1.807, 2.05) is 19.3 Å². The highest BCUT2D eigenvalue weighted by molar-refractivity contribution is 5.81. The van der Waals surface area contributed by atoms with Gasteiger partial charge in [-0.3, -0.25) is 0 Å². The fourth-order valence-corrected chi connectivity index (χ4v) is 1.53. The van der Waals surface area contributed by atoms with Gasteiger partial charge in [-0.05, 0) is 24.1 Å². The number of pyridine rings is 1. The summed E-state index contributed by atoms with van der Waals surface area (Å²) in [7, 11) is 0. The zero-order valence-corrected chi connectivity index (χ0v) is 8.12. The van der Waals surface area contributed by atoms with Crippen LogP contribution >= 0.6 is 0 Å². The standard InChI is InChI=1S/C11H13N3/c1-3-10(12)9-6-14-11-8(9)4-7(2)5-13-11/h3-6,10H,1,12H2,2H3,(H,13,14). The van der Waals surface area contributed by atoms with E-state index in [-0.39, 0.29) is 6.04 Å². The molecule has 0 radical (unpaired) electrons. The zero-order valence-electron chi connectivity index (χ0n) is 8.12. The fourth-order valence-electron chi connectivity index (χ4n) is 1.53. The topological polar surface area (TPSA) is 54.7 Å². The molecule has 0 amide bonds. The molecule has 0 saturated heterocycles. The molecule has 0 saturated carbocycles. The molecular weight excluding hydrogens is 174 g/mol. The molecule has 0 spiro atoms. The number of H-pyrrole nitrogens is 1. The highest BCUT2D eigenvalue weighted by Crippen LogP contribution is 2.22. The van der Waals surface area contributed by atoms with Gasteiger partial charge >= 0.3 is 0 Å². The molecule has 0 aromatic carbocycles. The molecule has 0 aliphatic carbocycles. The Morgan fingerprint density at radius 2 is 2.43 bits per heavy atom. The number of nitrogens with zero attached hydrogens (tertiary/aromatic N) is 1. The maximum absolute atomic E-state index is 5.89. The van der Waals surface area contributed by atoms with Crippen molar-refractivity contribution in [2.24, 2.45) is 5.73 Å². The molecule has 2 aromatic rings. The summed E-state index contributed by atoms with van der Waals surface area (Å²) in [5.74, 6) is 0. The number of nitrogens with two attached hydrogens (primary N) is 1. The highest BCUT2D eigenvalue weighted by Gasteiger charge is 2.08. The number of aromatic nitrogens is 2. The average molecular weight is 187 g/mol. The summed E-state index contributed by atoms with van der Waals surface area (Å²) in [5.41, 5.74) is 8.95. The van der Waals surface area contributed by atoms with Gasteiger partial charge in [-0.1, -0.05) is 6.08 Å². The van der Waals surface area contributed by atoms with Crippen LogP contribution in [0.3, 0.4) is 0 Å². The third kappa shape index (κ3) is 1.32. The maximum atomic E-state index is 5.89. The van der Waals surface area contributed by atoms with Gasteiger partial charge in [0.2, 0.25) is 0 Å². The van der Waals surface area contributed by atoms with Crippen LogP contribution in [0, 0.1) is 6.92 Å². The van der Waals surface area contributed by atoms with Crippen molar-refractivity contribution in [3.8, 4) is 0 Å². The SMILES string of the molecule is C=CC(N)c1c[nH]c2ncc(C)cc12. The number of aromatic amines is 1. The van der Waals surface area contributed by atoms with Crippen molar-refractivity contribution >= 4 is 11.0 Å². The molecule has 2 rings (SSSR count). The van der Waals surface area contributed by atoms with E-state index in [0.29, 0.717) is 0 Å². The van der Waals surface area contributed by atoms with Crippen LogP contribution in [0.4, 0.5) is 0 Å². The first kappa shape index (κ1) is 8.97. The van der Waals surface area contributed by atoms with Crippen LogP contribution in [0.1, 0.15) is 17.2 Å². The van der Waals surface area contributed by atoms with Crippen molar-refractivity contribution in [2.75, 3.05) is 0 Å². The Morgan fingerprint density at radius 1 is 1.64 bits per heavy atom. The minimum absolute atomic E-state index is 0.132. The van der Waals surface area contributed by atoms with Crippen LogP contribution in [-0.2, 0) is 0 Å². The molecule has 0 fully saturated rings. The molecule has 72 valence electrons. The highest BCUT2D eigenvalue weighted by atomic mass is 14.8. The van der Waals surface area contributed by atoms with Crippen molar-refractivity contribution < 1.29 is 0 Å². The van der Waals surface area contributed by atoms with Crippen LogP contribution < -0.4 is 5.73 Å². The van der Waals surface area contributed by atoms with E-state index in [0.717, 1.165) is 22.2 Å². The van der Waals surface area contributed by atoms with Crippen LogP contribution in [-0.4, -0.2) is 9.97 Å². The van der Waals surface area contributed by atoms with Crippen LogP contribution in [0.2, 0.25) is 0 Å². The molecule has 0 aliphatic rings. The van der Waals surface area contributed by atoms with Gasteiger partial charge in [-0.15, -0.1) is 6.58 Å². The third-order valence-corrected chi connectivity index (χ3v) is 2.31. The lowest BCUT2D eigenvalue weighted by Crippen LogP contribution is -2.05. The number of rotatable bonds is 2. The number of hydrogen-bond acceptors (Lipinski definition) is 2. The smallest absolute Gasteiger partial charge is 0.137 e. The quantitative estimate of drug-likeness (QED) is 0.707. The number of fused-ring (bicyclic) bond motifs is 1. The van der Waals surface area contributed by atoms with Crippen molar-refractivity contribution in [1.29, 1.82) is 0 Å². The van der Waals surface area contributed by atoms with Gasteiger partial charge in [0, 0.05) is 23.8 Å². The molecule has 14 heavy (non-hydrogen) atoms. The van der Waals surface area contributed by atoms with Crippen molar-refractivity contribution in [2.45, 2.75) is 13.0 Å². The van der Waals surface area contributed by atoms with Gasteiger partial charge in [0.15, 0.2) is 0 Å². The maximum Gasteiger partial charge on any atom is 0.137 e. The zero-order chi connectivity index (χ0) is 10.1.